The van der Waals surface area contributed by atoms with Crippen molar-refractivity contribution in [3.8, 4) is 0 Å². The van der Waals surface area contributed by atoms with E-state index in [-0.39, 0.29) is 0 Å². The van der Waals surface area contributed by atoms with Crippen LogP contribution in [0, 0.1) is 0 Å². The maximum absolute atomic E-state index is 13.6. The van der Waals surface area contributed by atoms with E-state index >= 15 is 0 Å². The molecule has 0 amide bonds. The van der Waals surface area contributed by atoms with Crippen LogP contribution in [0.15, 0.2) is 30.3 Å². The molecule has 0 spiro atoms. The van der Waals surface area contributed by atoms with Crippen molar-refractivity contribution in [2.45, 2.75) is 13.8 Å². The molecule has 0 aromatic heterocycles. The molecule has 2 nitrogen and oxygen atoms in total. The van der Waals surface area contributed by atoms with Gasteiger partial charge in [-0.15, -0.1) is 5.23 Å². The second kappa shape index (κ2) is 4.82. The van der Waals surface area contributed by atoms with Crippen LogP contribution in [0.25, 0.3) is 0 Å². The molecular weight excluding hydrogens is 167 g/mol. The van der Waals surface area contributed by atoms with Crippen molar-refractivity contribution < 1.29 is 4.48 Å². The Bertz CT molecular complexity index is 234. The topological polar surface area (TPSA) is 6.48 Å². The Hall–Kier alpha value is -1.09. The minimum absolute atomic E-state index is 0.575. The lowest BCUT2D eigenvalue weighted by Crippen LogP contribution is -2.36. The van der Waals surface area contributed by atoms with E-state index in [0.717, 1.165) is 0 Å². The number of hydrogen-bond donors (Lipinski definition) is 0. The number of hydrazine groups is 1. The molecule has 0 fully saturated rings. The summed E-state index contributed by atoms with van der Waals surface area (Å²) in [6.45, 7) is 5.20. The van der Waals surface area contributed by atoms with Crippen LogP contribution in [0.3, 0.4) is 0 Å². The first-order chi connectivity index (χ1) is 6.29. The molecule has 0 saturated heterocycles. The largest absolute Gasteiger partial charge is 0.192 e. The summed E-state index contributed by atoms with van der Waals surface area (Å²) in [4.78, 5) is 0. The monoisotopic (exact) mass is 182 g/mol. The lowest BCUT2D eigenvalue weighted by molar-refractivity contribution is 0.159. The van der Waals surface area contributed by atoms with Crippen molar-refractivity contribution in [1.82, 2.24) is 5.01 Å². The molecule has 0 bridgehead atoms. The average molecular weight is 182 g/mol. The first kappa shape index (κ1) is 9.99. The normalized spacial score (nSPS) is 10.5. The molecule has 0 heterocycles. The quantitative estimate of drug-likeness (QED) is 0.521. The van der Waals surface area contributed by atoms with Gasteiger partial charge in [0.05, 0.1) is 5.69 Å². The molecule has 72 valence electrons. The van der Waals surface area contributed by atoms with E-state index in [0.29, 0.717) is 24.0 Å². The SMILES string of the molecule is CCN(CC)N(F)c1ccccc1. The number of benzene rings is 1. The summed E-state index contributed by atoms with van der Waals surface area (Å²) in [5.74, 6) is 0. The number of nitrogens with zero attached hydrogens (tertiary/aromatic N) is 2. The third kappa shape index (κ3) is 2.42. The summed E-state index contributed by atoms with van der Waals surface area (Å²) in [5, 5.41) is 2.31. The van der Waals surface area contributed by atoms with Gasteiger partial charge in [0.2, 0.25) is 0 Å². The first-order valence-electron chi connectivity index (χ1n) is 4.55. The summed E-state index contributed by atoms with van der Waals surface area (Å²) >= 11 is 0. The van der Waals surface area contributed by atoms with Crippen molar-refractivity contribution >= 4 is 5.69 Å². The van der Waals surface area contributed by atoms with Gasteiger partial charge in [0.1, 0.15) is 0 Å². The number of halogens is 1. The zero-order valence-corrected chi connectivity index (χ0v) is 8.07. The van der Waals surface area contributed by atoms with Gasteiger partial charge in [0, 0.05) is 13.1 Å². The predicted octanol–water partition coefficient (Wildman–Crippen LogP) is 2.63. The van der Waals surface area contributed by atoms with Crippen molar-refractivity contribution in [1.29, 1.82) is 0 Å². The summed E-state index contributed by atoms with van der Waals surface area (Å²) in [6.07, 6.45) is 0. The third-order valence-corrected chi connectivity index (χ3v) is 1.95. The van der Waals surface area contributed by atoms with Gasteiger partial charge < -0.3 is 0 Å². The Morgan fingerprint density at radius 3 is 2.08 bits per heavy atom. The Morgan fingerprint density at radius 2 is 1.62 bits per heavy atom. The van der Waals surface area contributed by atoms with E-state index in [9.17, 15) is 4.48 Å². The van der Waals surface area contributed by atoms with Gasteiger partial charge in [-0.2, -0.15) is 5.01 Å². The molecule has 0 N–H and O–H groups in total. The minimum atomic E-state index is 0.575. The summed E-state index contributed by atoms with van der Waals surface area (Å²) in [6, 6.07) is 9.02. The fraction of sp³-hybridized carbons (Fsp3) is 0.400. The van der Waals surface area contributed by atoms with E-state index in [1.54, 1.807) is 17.1 Å². The summed E-state index contributed by atoms with van der Waals surface area (Å²) in [7, 11) is 0. The van der Waals surface area contributed by atoms with E-state index in [2.05, 4.69) is 0 Å². The van der Waals surface area contributed by atoms with E-state index < -0.39 is 0 Å². The molecule has 3 heteroatoms. The Kier molecular flexibility index (Phi) is 3.71. The molecule has 0 atom stereocenters. The molecule has 0 saturated carbocycles. The van der Waals surface area contributed by atoms with Crippen LogP contribution in [0.2, 0.25) is 0 Å². The van der Waals surface area contributed by atoms with Crippen LogP contribution in [-0.2, 0) is 0 Å². The van der Waals surface area contributed by atoms with Crippen LogP contribution in [0.5, 0.6) is 0 Å². The highest BCUT2D eigenvalue weighted by molar-refractivity contribution is 5.41. The molecule has 0 aliphatic carbocycles. The maximum atomic E-state index is 13.6. The van der Waals surface area contributed by atoms with Crippen LogP contribution in [0.1, 0.15) is 13.8 Å². The average Bonchev–Trinajstić information content (AvgIpc) is 2.21. The zero-order chi connectivity index (χ0) is 9.68. The molecule has 1 rings (SSSR count). The molecular formula is C10H15FN2. The lowest BCUT2D eigenvalue weighted by Gasteiger charge is -2.26. The Morgan fingerprint density at radius 1 is 1.08 bits per heavy atom. The second-order valence-electron chi connectivity index (χ2n) is 2.73. The maximum Gasteiger partial charge on any atom is 0.0877 e. The highest BCUT2D eigenvalue weighted by Gasteiger charge is 2.10. The van der Waals surface area contributed by atoms with Gasteiger partial charge in [-0.25, -0.2) is 0 Å². The smallest absolute Gasteiger partial charge is 0.0877 e. The predicted molar refractivity (Wildman–Crippen MR) is 53.0 cm³/mol. The van der Waals surface area contributed by atoms with E-state index in [1.807, 2.05) is 32.0 Å². The van der Waals surface area contributed by atoms with Gasteiger partial charge >= 0.3 is 0 Å². The van der Waals surface area contributed by atoms with Crippen molar-refractivity contribution in [2.75, 3.05) is 18.3 Å². The van der Waals surface area contributed by atoms with Crippen LogP contribution in [0.4, 0.5) is 10.2 Å². The molecule has 0 unspecified atom stereocenters. The number of anilines is 1. The first-order valence-corrected chi connectivity index (χ1v) is 4.55. The van der Waals surface area contributed by atoms with Crippen LogP contribution >= 0.6 is 0 Å². The van der Waals surface area contributed by atoms with Gasteiger partial charge in [-0.3, -0.25) is 0 Å². The highest BCUT2D eigenvalue weighted by Crippen LogP contribution is 2.15. The molecule has 1 aromatic carbocycles. The molecule has 0 radical (unpaired) electrons. The highest BCUT2D eigenvalue weighted by atomic mass is 19.2. The number of rotatable bonds is 4. The van der Waals surface area contributed by atoms with Crippen molar-refractivity contribution in [3.05, 3.63) is 30.3 Å². The molecule has 0 aliphatic rings. The number of para-hydroxylation sites is 1. The molecule has 0 aliphatic heterocycles. The van der Waals surface area contributed by atoms with Gasteiger partial charge in [-0.05, 0) is 12.1 Å². The minimum Gasteiger partial charge on any atom is -0.192 e. The standard InChI is InChI=1S/C10H15FN2/c1-3-12(4-2)13(11)10-8-6-5-7-9-10/h5-9H,3-4H2,1-2H3. The van der Waals surface area contributed by atoms with Gasteiger partial charge in [0.25, 0.3) is 0 Å². The van der Waals surface area contributed by atoms with Crippen LogP contribution in [-0.4, -0.2) is 18.1 Å². The zero-order valence-electron chi connectivity index (χ0n) is 8.07. The van der Waals surface area contributed by atoms with Gasteiger partial charge in [0.15, 0.2) is 0 Å². The molecule has 1 aromatic rings. The summed E-state index contributed by atoms with van der Waals surface area (Å²) < 4.78 is 13.6. The van der Waals surface area contributed by atoms with E-state index in [1.165, 1.54) is 0 Å². The molecule has 13 heavy (non-hydrogen) atoms. The Labute approximate surface area is 78.5 Å². The van der Waals surface area contributed by atoms with Crippen LogP contribution < -0.4 is 5.23 Å². The van der Waals surface area contributed by atoms with Crippen molar-refractivity contribution in [2.24, 2.45) is 0 Å². The number of hydrogen-bond acceptors (Lipinski definition) is 2. The third-order valence-electron chi connectivity index (χ3n) is 1.95. The summed E-state index contributed by atoms with van der Waals surface area (Å²) in [5.41, 5.74) is 0.575. The lowest BCUT2D eigenvalue weighted by atomic mass is 10.3. The fourth-order valence-electron chi connectivity index (χ4n) is 1.19. The van der Waals surface area contributed by atoms with Crippen molar-refractivity contribution in [3.63, 3.8) is 0 Å². The van der Waals surface area contributed by atoms with Gasteiger partial charge in [-0.1, -0.05) is 36.5 Å². The fourth-order valence-corrected chi connectivity index (χ4v) is 1.19. The second-order valence-corrected chi connectivity index (χ2v) is 2.73. The van der Waals surface area contributed by atoms with E-state index in [4.69, 9.17) is 0 Å². The Balaban J connectivity index is 2.72.